The van der Waals surface area contributed by atoms with Crippen LogP contribution in [0.3, 0.4) is 0 Å². The Labute approximate surface area is 116 Å². The van der Waals surface area contributed by atoms with E-state index in [0.29, 0.717) is 18.3 Å². The van der Waals surface area contributed by atoms with Gasteiger partial charge in [0.1, 0.15) is 0 Å². The molecule has 2 heterocycles. The summed E-state index contributed by atoms with van der Waals surface area (Å²) in [6, 6.07) is 11.7. The van der Waals surface area contributed by atoms with Gasteiger partial charge in [0.05, 0.1) is 5.69 Å². The van der Waals surface area contributed by atoms with Gasteiger partial charge in [0.15, 0.2) is 0 Å². The summed E-state index contributed by atoms with van der Waals surface area (Å²) in [5.41, 5.74) is 9.32. The molecule has 2 N–H and O–H groups in total. The van der Waals surface area contributed by atoms with Gasteiger partial charge in [-0.25, -0.2) is 0 Å². The molecule has 0 saturated heterocycles. The van der Waals surface area contributed by atoms with E-state index in [2.05, 4.69) is 15.1 Å². The Balaban J connectivity index is 1.95. The van der Waals surface area contributed by atoms with Crippen molar-refractivity contribution in [1.82, 2.24) is 15.1 Å². The van der Waals surface area contributed by atoms with Gasteiger partial charge >= 0.3 is 0 Å². The van der Waals surface area contributed by atoms with Crippen molar-refractivity contribution in [1.29, 1.82) is 0 Å². The molecule has 3 rings (SSSR count). The molecule has 3 aromatic rings. The third kappa shape index (κ3) is 2.44. The maximum Gasteiger partial charge on any atom is 0.258 e. The molecule has 0 spiro atoms. The van der Waals surface area contributed by atoms with Crippen LogP contribution in [0.4, 0.5) is 0 Å². The third-order valence-corrected chi connectivity index (χ3v) is 3.01. The number of benzene rings is 1. The average molecular weight is 266 g/mol. The molecule has 0 unspecified atom stereocenters. The van der Waals surface area contributed by atoms with Gasteiger partial charge in [0, 0.05) is 23.9 Å². The first-order valence-corrected chi connectivity index (χ1v) is 6.32. The topological polar surface area (TPSA) is 77.8 Å². The highest BCUT2D eigenvalue weighted by atomic mass is 16.5. The SMILES string of the molecule is Cc1ccc(-c2noc(-c3ccnc(CN)c3)n2)cc1. The maximum atomic E-state index is 5.58. The van der Waals surface area contributed by atoms with Crippen LogP contribution in [-0.4, -0.2) is 15.1 Å². The first-order valence-electron chi connectivity index (χ1n) is 6.32. The van der Waals surface area contributed by atoms with Crippen LogP contribution in [0.1, 0.15) is 11.3 Å². The molecule has 0 saturated carbocycles. The highest BCUT2D eigenvalue weighted by Crippen LogP contribution is 2.22. The van der Waals surface area contributed by atoms with Crippen LogP contribution in [-0.2, 0) is 6.54 Å². The van der Waals surface area contributed by atoms with Gasteiger partial charge in [-0.2, -0.15) is 4.98 Å². The van der Waals surface area contributed by atoms with Crippen molar-refractivity contribution in [3.63, 3.8) is 0 Å². The predicted octanol–water partition coefficient (Wildman–Crippen LogP) is 2.57. The fourth-order valence-electron chi connectivity index (χ4n) is 1.88. The van der Waals surface area contributed by atoms with Gasteiger partial charge in [-0.1, -0.05) is 35.0 Å². The van der Waals surface area contributed by atoms with E-state index in [1.54, 1.807) is 6.20 Å². The molecule has 2 aromatic heterocycles. The van der Waals surface area contributed by atoms with Gasteiger partial charge < -0.3 is 10.3 Å². The largest absolute Gasteiger partial charge is 0.334 e. The first kappa shape index (κ1) is 12.5. The van der Waals surface area contributed by atoms with Crippen LogP contribution in [0.15, 0.2) is 47.1 Å². The van der Waals surface area contributed by atoms with Crippen molar-refractivity contribution in [2.45, 2.75) is 13.5 Å². The van der Waals surface area contributed by atoms with Crippen molar-refractivity contribution >= 4 is 0 Å². The van der Waals surface area contributed by atoms with Crippen molar-refractivity contribution in [2.24, 2.45) is 5.73 Å². The van der Waals surface area contributed by atoms with Gasteiger partial charge in [0.25, 0.3) is 5.89 Å². The zero-order valence-electron chi connectivity index (χ0n) is 11.1. The van der Waals surface area contributed by atoms with E-state index in [1.807, 2.05) is 43.3 Å². The second-order valence-corrected chi connectivity index (χ2v) is 4.53. The molecule has 20 heavy (non-hydrogen) atoms. The van der Waals surface area contributed by atoms with Crippen LogP contribution in [0, 0.1) is 6.92 Å². The minimum Gasteiger partial charge on any atom is -0.334 e. The van der Waals surface area contributed by atoms with Gasteiger partial charge in [-0.05, 0) is 19.1 Å². The molecule has 0 fully saturated rings. The molecule has 5 nitrogen and oxygen atoms in total. The molecule has 0 atom stereocenters. The fraction of sp³-hybridized carbons (Fsp3) is 0.133. The molecule has 0 amide bonds. The summed E-state index contributed by atoms with van der Waals surface area (Å²) in [7, 11) is 0. The van der Waals surface area contributed by atoms with Crippen LogP contribution in [0.5, 0.6) is 0 Å². The molecule has 0 aliphatic heterocycles. The Bertz CT molecular complexity index is 719. The number of pyridine rings is 1. The number of hydrogen-bond acceptors (Lipinski definition) is 5. The molecule has 100 valence electrons. The number of aromatic nitrogens is 3. The standard InChI is InChI=1S/C15H14N4O/c1-10-2-4-11(5-3-10)14-18-15(20-19-14)12-6-7-17-13(8-12)9-16/h2-8H,9,16H2,1H3. The van der Waals surface area contributed by atoms with Gasteiger partial charge in [-0.15, -0.1) is 0 Å². The van der Waals surface area contributed by atoms with Crippen molar-refractivity contribution < 1.29 is 4.52 Å². The van der Waals surface area contributed by atoms with E-state index in [9.17, 15) is 0 Å². The second-order valence-electron chi connectivity index (χ2n) is 4.53. The molecule has 1 aromatic carbocycles. The zero-order chi connectivity index (χ0) is 13.9. The van der Waals surface area contributed by atoms with Crippen LogP contribution < -0.4 is 5.73 Å². The molecule has 0 aliphatic carbocycles. The quantitative estimate of drug-likeness (QED) is 0.788. The molecule has 0 aliphatic rings. The lowest BCUT2D eigenvalue weighted by molar-refractivity contribution is 0.432. The summed E-state index contributed by atoms with van der Waals surface area (Å²) in [6.07, 6.45) is 1.69. The number of nitrogens with two attached hydrogens (primary N) is 1. The Kier molecular flexibility index (Phi) is 3.26. The van der Waals surface area contributed by atoms with Crippen LogP contribution in [0.2, 0.25) is 0 Å². The number of nitrogens with zero attached hydrogens (tertiary/aromatic N) is 3. The Hall–Kier alpha value is -2.53. The summed E-state index contributed by atoms with van der Waals surface area (Å²) in [4.78, 5) is 8.55. The number of aryl methyl sites for hydroxylation is 1. The smallest absolute Gasteiger partial charge is 0.258 e. The lowest BCUT2D eigenvalue weighted by Gasteiger charge is -1.97. The van der Waals surface area contributed by atoms with Crippen molar-refractivity contribution in [2.75, 3.05) is 0 Å². The Morgan fingerprint density at radius 1 is 1.10 bits per heavy atom. The molecule has 5 heteroatoms. The first-order chi connectivity index (χ1) is 9.76. The van der Waals surface area contributed by atoms with Crippen molar-refractivity contribution in [3.05, 3.63) is 53.9 Å². The van der Waals surface area contributed by atoms with Gasteiger partial charge in [0.2, 0.25) is 5.82 Å². The van der Waals surface area contributed by atoms with E-state index in [0.717, 1.165) is 16.8 Å². The van der Waals surface area contributed by atoms with Crippen LogP contribution >= 0.6 is 0 Å². The zero-order valence-corrected chi connectivity index (χ0v) is 11.1. The average Bonchev–Trinajstić information content (AvgIpc) is 2.98. The normalized spacial score (nSPS) is 10.7. The van der Waals surface area contributed by atoms with Crippen molar-refractivity contribution in [3.8, 4) is 22.8 Å². The minimum absolute atomic E-state index is 0.382. The summed E-state index contributed by atoms with van der Waals surface area (Å²) >= 11 is 0. The number of hydrogen-bond donors (Lipinski definition) is 1. The van der Waals surface area contributed by atoms with E-state index >= 15 is 0 Å². The Morgan fingerprint density at radius 2 is 1.90 bits per heavy atom. The Morgan fingerprint density at radius 3 is 2.65 bits per heavy atom. The monoisotopic (exact) mass is 266 g/mol. The third-order valence-electron chi connectivity index (χ3n) is 3.01. The van der Waals surface area contributed by atoms with E-state index in [1.165, 1.54) is 5.56 Å². The molecular weight excluding hydrogens is 252 g/mol. The summed E-state index contributed by atoms with van der Waals surface area (Å²) < 4.78 is 5.31. The van der Waals surface area contributed by atoms with Crippen LogP contribution in [0.25, 0.3) is 22.8 Å². The molecular formula is C15H14N4O. The highest BCUT2D eigenvalue weighted by Gasteiger charge is 2.10. The second kappa shape index (κ2) is 5.22. The lowest BCUT2D eigenvalue weighted by Crippen LogP contribution is -1.98. The van der Waals surface area contributed by atoms with Gasteiger partial charge in [-0.3, -0.25) is 4.98 Å². The summed E-state index contributed by atoms with van der Waals surface area (Å²) in [6.45, 7) is 2.42. The summed E-state index contributed by atoms with van der Waals surface area (Å²) in [5.74, 6) is 1.05. The van der Waals surface area contributed by atoms with E-state index < -0.39 is 0 Å². The predicted molar refractivity (Wildman–Crippen MR) is 75.6 cm³/mol. The number of rotatable bonds is 3. The minimum atomic E-state index is 0.382. The molecule has 0 radical (unpaired) electrons. The molecule has 0 bridgehead atoms. The fourth-order valence-corrected chi connectivity index (χ4v) is 1.88. The maximum absolute atomic E-state index is 5.58. The summed E-state index contributed by atoms with van der Waals surface area (Å²) in [5, 5.41) is 4.01. The van der Waals surface area contributed by atoms with E-state index in [-0.39, 0.29) is 0 Å². The highest BCUT2D eigenvalue weighted by molar-refractivity contribution is 5.59. The van der Waals surface area contributed by atoms with E-state index in [4.69, 9.17) is 10.3 Å². The lowest BCUT2D eigenvalue weighted by atomic mass is 10.1.